The number of aliphatic hydroxyl groups excluding tert-OH is 1. The fraction of sp³-hybridized carbons (Fsp3) is 0.250. The van der Waals surface area contributed by atoms with Crippen molar-refractivity contribution < 1.29 is 10.2 Å². The first-order valence-corrected chi connectivity index (χ1v) is 3.13. The number of hydrogen-bond donors (Lipinski definition) is 2. The molecule has 0 aliphatic rings. The zero-order valence-electron chi connectivity index (χ0n) is 5.54. The summed E-state index contributed by atoms with van der Waals surface area (Å²) in [6.45, 7) is 0.108. The van der Waals surface area contributed by atoms with Crippen LogP contribution < -0.4 is 0 Å². The molecule has 53 valence electrons. The fourth-order valence-electron chi connectivity index (χ4n) is 0.781. The molecule has 0 fully saturated rings. The van der Waals surface area contributed by atoms with Gasteiger partial charge in [0.25, 0.3) is 0 Å². The van der Waals surface area contributed by atoms with Crippen molar-refractivity contribution in [3.05, 3.63) is 29.8 Å². The average Bonchev–Trinajstić information content (AvgIpc) is 1.88. The molecule has 0 bridgehead atoms. The van der Waals surface area contributed by atoms with Gasteiger partial charge in [-0.2, -0.15) is 0 Å². The molecule has 2 nitrogen and oxygen atoms in total. The van der Waals surface area contributed by atoms with Crippen LogP contribution in [-0.4, -0.2) is 16.8 Å². The van der Waals surface area contributed by atoms with Crippen molar-refractivity contribution >= 4 is 0 Å². The van der Waals surface area contributed by atoms with E-state index in [0.717, 1.165) is 5.56 Å². The lowest BCUT2D eigenvalue weighted by Gasteiger charge is -1.96. The Morgan fingerprint density at radius 1 is 1.40 bits per heavy atom. The molecular formula is C8H9O2. The second-order valence-electron chi connectivity index (χ2n) is 2.07. The minimum Gasteiger partial charge on any atom is -0.508 e. The number of aromatic hydroxyl groups is 1. The van der Waals surface area contributed by atoms with Crippen molar-refractivity contribution in [2.24, 2.45) is 0 Å². The monoisotopic (exact) mass is 137 g/mol. The average molecular weight is 137 g/mol. The van der Waals surface area contributed by atoms with Gasteiger partial charge in [-0.05, 0) is 30.2 Å². The molecule has 1 radical (unpaired) electrons. The summed E-state index contributed by atoms with van der Waals surface area (Å²) in [5, 5.41) is 17.4. The first-order valence-electron chi connectivity index (χ1n) is 3.13. The van der Waals surface area contributed by atoms with Crippen molar-refractivity contribution in [1.82, 2.24) is 0 Å². The molecule has 0 unspecified atom stereocenters. The van der Waals surface area contributed by atoms with Crippen molar-refractivity contribution in [2.75, 3.05) is 6.61 Å². The van der Waals surface area contributed by atoms with E-state index >= 15 is 0 Å². The summed E-state index contributed by atoms with van der Waals surface area (Å²) < 4.78 is 0. The van der Waals surface area contributed by atoms with E-state index in [0.29, 0.717) is 6.42 Å². The van der Waals surface area contributed by atoms with Gasteiger partial charge in [0.2, 0.25) is 0 Å². The summed E-state index contributed by atoms with van der Waals surface area (Å²) in [4.78, 5) is 0. The number of hydrogen-bond acceptors (Lipinski definition) is 2. The maximum atomic E-state index is 8.93. The lowest BCUT2D eigenvalue weighted by Crippen LogP contribution is -1.88. The van der Waals surface area contributed by atoms with E-state index in [1.165, 1.54) is 6.07 Å². The molecule has 0 atom stereocenters. The molecule has 0 aliphatic heterocycles. The van der Waals surface area contributed by atoms with Gasteiger partial charge < -0.3 is 10.2 Å². The van der Waals surface area contributed by atoms with Gasteiger partial charge in [-0.25, -0.2) is 0 Å². The molecule has 1 aromatic rings. The Labute approximate surface area is 59.7 Å². The number of phenolic OH excluding ortho intramolecular Hbond substituents is 1. The van der Waals surface area contributed by atoms with Gasteiger partial charge in [0.1, 0.15) is 5.75 Å². The normalized spacial score (nSPS) is 9.70. The van der Waals surface area contributed by atoms with Crippen LogP contribution in [0.2, 0.25) is 0 Å². The highest BCUT2D eigenvalue weighted by atomic mass is 16.3. The van der Waals surface area contributed by atoms with Gasteiger partial charge in [0.15, 0.2) is 0 Å². The topological polar surface area (TPSA) is 40.5 Å². The number of aliphatic hydroxyl groups is 1. The Balaban J connectivity index is 2.75. The first-order chi connectivity index (χ1) is 4.83. The van der Waals surface area contributed by atoms with Crippen molar-refractivity contribution in [1.29, 1.82) is 0 Å². The van der Waals surface area contributed by atoms with Gasteiger partial charge >= 0.3 is 0 Å². The maximum Gasteiger partial charge on any atom is 0.116 e. The molecule has 0 heterocycles. The zero-order valence-corrected chi connectivity index (χ0v) is 5.54. The minimum absolute atomic E-state index is 0.108. The van der Waals surface area contributed by atoms with E-state index in [-0.39, 0.29) is 12.4 Å². The van der Waals surface area contributed by atoms with E-state index in [9.17, 15) is 0 Å². The SMILES string of the molecule is OCCc1c[c]cc(O)c1. The summed E-state index contributed by atoms with van der Waals surface area (Å²) in [7, 11) is 0. The minimum atomic E-state index is 0.108. The Hall–Kier alpha value is -1.02. The predicted octanol–water partition coefficient (Wildman–Crippen LogP) is 0.727. The van der Waals surface area contributed by atoms with E-state index in [2.05, 4.69) is 6.07 Å². The molecule has 0 aliphatic carbocycles. The smallest absolute Gasteiger partial charge is 0.116 e. The quantitative estimate of drug-likeness (QED) is 0.630. The lowest BCUT2D eigenvalue weighted by atomic mass is 10.1. The highest BCUT2D eigenvalue weighted by molar-refractivity contribution is 5.26. The Morgan fingerprint density at radius 3 is 2.80 bits per heavy atom. The van der Waals surface area contributed by atoms with E-state index < -0.39 is 0 Å². The Bertz CT molecular complexity index is 208. The van der Waals surface area contributed by atoms with Crippen LogP contribution in [0.25, 0.3) is 0 Å². The van der Waals surface area contributed by atoms with Crippen LogP contribution >= 0.6 is 0 Å². The molecular weight excluding hydrogens is 128 g/mol. The fourth-order valence-corrected chi connectivity index (χ4v) is 0.781. The second-order valence-corrected chi connectivity index (χ2v) is 2.07. The van der Waals surface area contributed by atoms with Crippen LogP contribution in [0, 0.1) is 6.07 Å². The number of benzene rings is 1. The van der Waals surface area contributed by atoms with Gasteiger partial charge in [0, 0.05) is 6.61 Å². The van der Waals surface area contributed by atoms with E-state index in [1.54, 1.807) is 12.1 Å². The Morgan fingerprint density at radius 2 is 2.20 bits per heavy atom. The maximum absolute atomic E-state index is 8.93. The predicted molar refractivity (Wildman–Crippen MR) is 37.7 cm³/mol. The highest BCUT2D eigenvalue weighted by Gasteiger charge is 1.91. The van der Waals surface area contributed by atoms with Crippen LogP contribution in [0.3, 0.4) is 0 Å². The van der Waals surface area contributed by atoms with Gasteiger partial charge in [0.05, 0.1) is 0 Å². The van der Waals surface area contributed by atoms with Crippen molar-refractivity contribution in [3.8, 4) is 5.75 Å². The van der Waals surface area contributed by atoms with Crippen molar-refractivity contribution in [3.63, 3.8) is 0 Å². The summed E-state index contributed by atoms with van der Waals surface area (Å²) >= 11 is 0. The van der Waals surface area contributed by atoms with Gasteiger partial charge in [-0.15, -0.1) is 0 Å². The van der Waals surface area contributed by atoms with E-state index in [1.807, 2.05) is 0 Å². The molecule has 0 saturated carbocycles. The summed E-state index contributed by atoms with van der Waals surface area (Å²) in [6, 6.07) is 7.60. The van der Waals surface area contributed by atoms with Crippen LogP contribution in [-0.2, 0) is 6.42 Å². The molecule has 0 aromatic heterocycles. The summed E-state index contributed by atoms with van der Waals surface area (Å²) in [5.74, 6) is 0.200. The van der Waals surface area contributed by atoms with Gasteiger partial charge in [-0.3, -0.25) is 0 Å². The zero-order chi connectivity index (χ0) is 7.40. The second kappa shape index (κ2) is 3.22. The molecule has 2 heteroatoms. The third kappa shape index (κ3) is 1.74. The lowest BCUT2D eigenvalue weighted by molar-refractivity contribution is 0.299. The molecule has 0 saturated heterocycles. The largest absolute Gasteiger partial charge is 0.508 e. The molecule has 1 rings (SSSR count). The highest BCUT2D eigenvalue weighted by Crippen LogP contribution is 2.09. The van der Waals surface area contributed by atoms with Crippen LogP contribution in [0.1, 0.15) is 5.56 Å². The van der Waals surface area contributed by atoms with Crippen LogP contribution in [0.4, 0.5) is 0 Å². The summed E-state index contributed by atoms with van der Waals surface area (Å²) in [5.41, 5.74) is 0.905. The van der Waals surface area contributed by atoms with E-state index in [4.69, 9.17) is 10.2 Å². The Kier molecular flexibility index (Phi) is 2.29. The molecule has 0 spiro atoms. The first kappa shape index (κ1) is 7.09. The molecule has 1 aromatic carbocycles. The number of phenols is 1. The molecule has 2 N–H and O–H groups in total. The summed E-state index contributed by atoms with van der Waals surface area (Å²) in [6.07, 6.45) is 0.574. The third-order valence-electron chi connectivity index (χ3n) is 1.23. The van der Waals surface area contributed by atoms with Crippen molar-refractivity contribution in [2.45, 2.75) is 6.42 Å². The standard InChI is InChI=1S/C8H9O2/c9-5-4-7-2-1-3-8(10)6-7/h2-3,6,9-10H,4-5H2. The third-order valence-corrected chi connectivity index (χ3v) is 1.23. The molecule has 10 heavy (non-hydrogen) atoms. The van der Waals surface area contributed by atoms with Gasteiger partial charge in [-0.1, -0.05) is 6.07 Å². The number of rotatable bonds is 2. The van der Waals surface area contributed by atoms with Crippen LogP contribution in [0.15, 0.2) is 18.2 Å². The van der Waals surface area contributed by atoms with Crippen LogP contribution in [0.5, 0.6) is 5.75 Å². The molecule has 0 amide bonds.